The van der Waals surface area contributed by atoms with Crippen molar-refractivity contribution in [3.8, 4) is 0 Å². The van der Waals surface area contributed by atoms with Crippen LogP contribution in [0, 0.1) is 0 Å². The smallest absolute Gasteiger partial charge is 0.322 e. The lowest BCUT2D eigenvalue weighted by Crippen LogP contribution is -2.43. The Morgan fingerprint density at radius 1 is 0.917 bits per heavy atom. The summed E-state index contributed by atoms with van der Waals surface area (Å²) < 4.78 is 54.2. The number of halogens is 1. The molecule has 0 rings (SSSR count). The Morgan fingerprint density at radius 3 is 1.58 bits per heavy atom. The molecule has 0 saturated carbocycles. The number of hydrogen-bond acceptors (Lipinski definition) is 8. The molecule has 0 spiro atoms. The van der Waals surface area contributed by atoms with Crippen LogP contribution in [0.3, 0.4) is 0 Å². The third-order valence-corrected chi connectivity index (χ3v) is 4.12. The average Bonchev–Trinajstić information content (AvgIpc) is 2.22. The van der Waals surface area contributed by atoms with E-state index < -0.39 is 48.1 Å². The predicted octanol–water partition coefficient (Wildman–Crippen LogP) is 0.386. The summed E-state index contributed by atoms with van der Waals surface area (Å²) in [5.74, 6) is -2.94. The van der Waals surface area contributed by atoms with Crippen molar-refractivity contribution in [1.82, 2.24) is 4.72 Å². The highest BCUT2D eigenvalue weighted by atomic mass is 35.7. The highest BCUT2D eigenvalue weighted by Crippen LogP contribution is 2.02. The molecule has 0 heterocycles. The summed E-state index contributed by atoms with van der Waals surface area (Å²) in [5.41, 5.74) is -0.578. The van der Waals surface area contributed by atoms with Crippen molar-refractivity contribution in [2.45, 2.75) is 40.2 Å². The van der Waals surface area contributed by atoms with Crippen LogP contribution in [0.1, 0.15) is 34.6 Å². The monoisotopic (exact) mass is 409 g/mol. The SMILES string of the molecule is CCOC(=O)CS(=O)(=O)Cl.CCOC(=O)CS(=O)(=O)NC(C)(C)C. The number of carbonyl (C=O) groups excluding carboxylic acids is 2. The predicted molar refractivity (Wildman–Crippen MR) is 89.6 cm³/mol. The maximum absolute atomic E-state index is 11.3. The van der Waals surface area contributed by atoms with E-state index in [0.29, 0.717) is 0 Å². The minimum atomic E-state index is -3.75. The molecule has 0 unspecified atom stereocenters. The van der Waals surface area contributed by atoms with Crippen molar-refractivity contribution in [3.63, 3.8) is 0 Å². The van der Waals surface area contributed by atoms with Crippen molar-refractivity contribution in [1.29, 1.82) is 0 Å². The van der Waals surface area contributed by atoms with Crippen molar-refractivity contribution < 1.29 is 35.9 Å². The van der Waals surface area contributed by atoms with Crippen LogP contribution in [-0.4, -0.2) is 59.0 Å². The summed E-state index contributed by atoms with van der Waals surface area (Å²) in [5, 5.41) is 0. The maximum Gasteiger partial charge on any atom is 0.322 e. The Labute approximate surface area is 147 Å². The van der Waals surface area contributed by atoms with E-state index in [-0.39, 0.29) is 13.2 Å². The average molecular weight is 410 g/mol. The molecule has 24 heavy (non-hydrogen) atoms. The van der Waals surface area contributed by atoms with Gasteiger partial charge in [-0.1, -0.05) is 0 Å². The number of hydrogen-bond donors (Lipinski definition) is 1. The van der Waals surface area contributed by atoms with Crippen LogP contribution in [0.4, 0.5) is 0 Å². The van der Waals surface area contributed by atoms with Gasteiger partial charge in [0, 0.05) is 16.2 Å². The second-order valence-electron chi connectivity index (χ2n) is 5.40. The Morgan fingerprint density at radius 2 is 1.29 bits per heavy atom. The lowest BCUT2D eigenvalue weighted by Gasteiger charge is -2.19. The molecule has 9 nitrogen and oxygen atoms in total. The molecule has 144 valence electrons. The molecule has 0 aliphatic carbocycles. The number of ether oxygens (including phenoxy) is 2. The van der Waals surface area contributed by atoms with Crippen LogP contribution >= 0.6 is 10.7 Å². The summed E-state index contributed by atoms with van der Waals surface area (Å²) in [4.78, 5) is 21.3. The van der Waals surface area contributed by atoms with Gasteiger partial charge in [0.1, 0.15) is 0 Å². The third kappa shape index (κ3) is 19.1. The van der Waals surface area contributed by atoms with E-state index >= 15 is 0 Å². The molecule has 0 aliphatic heterocycles. The fourth-order valence-corrected chi connectivity index (χ4v) is 3.23. The second-order valence-corrected chi connectivity index (χ2v) is 9.90. The summed E-state index contributed by atoms with van der Waals surface area (Å²) >= 11 is 0. The van der Waals surface area contributed by atoms with Crippen molar-refractivity contribution >= 4 is 41.7 Å². The first-order valence-electron chi connectivity index (χ1n) is 6.87. The third-order valence-electron chi connectivity index (χ3n) is 1.67. The van der Waals surface area contributed by atoms with Gasteiger partial charge in [0.15, 0.2) is 11.5 Å². The van der Waals surface area contributed by atoms with Crippen LogP contribution in [-0.2, 0) is 38.1 Å². The zero-order valence-corrected chi connectivity index (χ0v) is 16.7. The highest BCUT2D eigenvalue weighted by molar-refractivity contribution is 8.14. The van der Waals surface area contributed by atoms with Gasteiger partial charge in [0.05, 0.1) is 13.2 Å². The largest absolute Gasteiger partial charge is 0.465 e. The van der Waals surface area contributed by atoms with Gasteiger partial charge in [-0.3, -0.25) is 9.59 Å². The van der Waals surface area contributed by atoms with E-state index in [2.05, 4.69) is 14.2 Å². The first-order valence-corrected chi connectivity index (χ1v) is 11.0. The summed E-state index contributed by atoms with van der Waals surface area (Å²) in [7, 11) is -2.60. The minimum absolute atomic E-state index is 0.158. The van der Waals surface area contributed by atoms with Gasteiger partial charge in [0.2, 0.25) is 19.1 Å². The Hall–Kier alpha value is -0.910. The van der Waals surface area contributed by atoms with Gasteiger partial charge in [-0.05, 0) is 34.6 Å². The topological polar surface area (TPSA) is 133 Å². The van der Waals surface area contributed by atoms with Gasteiger partial charge in [-0.25, -0.2) is 21.6 Å². The standard InChI is InChI=1S/C8H17NO4S.C4H7ClO4S/c1-5-13-7(10)6-14(11,12)9-8(2,3)4;1-2-9-4(6)3-10(5,7)8/h9H,5-6H2,1-4H3;2-3H2,1H3. The molecule has 1 N–H and O–H groups in total. The minimum Gasteiger partial charge on any atom is -0.465 e. The molecule has 0 aromatic rings. The molecule has 0 fully saturated rings. The molecular formula is C12H24ClNO8S2. The molecule has 12 heteroatoms. The van der Waals surface area contributed by atoms with Gasteiger partial charge >= 0.3 is 11.9 Å². The highest BCUT2D eigenvalue weighted by Gasteiger charge is 2.23. The van der Waals surface area contributed by atoms with Gasteiger partial charge < -0.3 is 9.47 Å². The molecule has 0 radical (unpaired) electrons. The van der Waals surface area contributed by atoms with Crippen LogP contribution < -0.4 is 4.72 Å². The molecule has 0 amide bonds. The molecule has 0 aromatic heterocycles. The Balaban J connectivity index is 0. The number of esters is 2. The molecular weight excluding hydrogens is 386 g/mol. The fourth-order valence-electron chi connectivity index (χ4n) is 1.20. The molecule has 0 aromatic carbocycles. The van der Waals surface area contributed by atoms with Crippen LogP contribution in [0.15, 0.2) is 0 Å². The number of sulfonamides is 1. The lowest BCUT2D eigenvalue weighted by atomic mass is 10.1. The van der Waals surface area contributed by atoms with Crippen LogP contribution in [0.25, 0.3) is 0 Å². The van der Waals surface area contributed by atoms with E-state index in [1.165, 1.54) is 0 Å². The normalized spacial score (nSPS) is 11.9. The summed E-state index contributed by atoms with van der Waals surface area (Å²) in [6.45, 7) is 8.66. The zero-order chi connectivity index (χ0) is 19.6. The van der Waals surface area contributed by atoms with E-state index in [9.17, 15) is 26.4 Å². The summed E-state index contributed by atoms with van der Waals surface area (Å²) in [6, 6.07) is 0. The van der Waals surface area contributed by atoms with Gasteiger partial charge in [0.25, 0.3) is 0 Å². The molecule has 0 atom stereocenters. The van der Waals surface area contributed by atoms with E-state index in [1.807, 2.05) is 0 Å². The van der Waals surface area contributed by atoms with Crippen LogP contribution in [0.5, 0.6) is 0 Å². The van der Waals surface area contributed by atoms with E-state index in [4.69, 9.17) is 10.7 Å². The van der Waals surface area contributed by atoms with E-state index in [1.54, 1.807) is 34.6 Å². The first-order chi connectivity index (χ1) is 10.6. The molecule has 0 aliphatic rings. The van der Waals surface area contributed by atoms with Gasteiger partial charge in [-0.15, -0.1) is 0 Å². The van der Waals surface area contributed by atoms with Gasteiger partial charge in [-0.2, -0.15) is 0 Å². The Kier molecular flexibility index (Phi) is 11.5. The van der Waals surface area contributed by atoms with Crippen molar-refractivity contribution in [2.75, 3.05) is 24.7 Å². The first kappa shape index (κ1) is 25.3. The fraction of sp³-hybridized carbons (Fsp3) is 0.833. The van der Waals surface area contributed by atoms with Crippen LogP contribution in [0.2, 0.25) is 0 Å². The maximum atomic E-state index is 11.3. The number of carbonyl (C=O) groups is 2. The molecule has 0 bridgehead atoms. The Bertz CT molecular complexity index is 607. The number of rotatable bonds is 7. The van der Waals surface area contributed by atoms with E-state index in [0.717, 1.165) is 0 Å². The summed E-state index contributed by atoms with van der Waals surface area (Å²) in [6.07, 6.45) is 0. The lowest BCUT2D eigenvalue weighted by molar-refractivity contribution is -0.140. The molecule has 0 saturated heterocycles. The quantitative estimate of drug-likeness (QED) is 0.471. The zero-order valence-electron chi connectivity index (χ0n) is 14.3. The number of nitrogens with one attached hydrogen (secondary N) is 1. The second kappa shape index (κ2) is 10.9. The van der Waals surface area contributed by atoms with Crippen molar-refractivity contribution in [2.24, 2.45) is 0 Å². The van der Waals surface area contributed by atoms with Crippen molar-refractivity contribution in [3.05, 3.63) is 0 Å².